The van der Waals surface area contributed by atoms with Gasteiger partial charge in [0.05, 0.1) is 26.2 Å². The van der Waals surface area contributed by atoms with E-state index >= 15 is 0 Å². The third kappa shape index (κ3) is 3.97. The molecular formula is C18H24N4O5S. The van der Waals surface area contributed by atoms with E-state index in [1.54, 1.807) is 31.4 Å². The molecule has 0 aliphatic carbocycles. The van der Waals surface area contributed by atoms with Crippen molar-refractivity contribution in [3.8, 4) is 17.6 Å². The molecule has 0 unspecified atom stereocenters. The predicted octanol–water partition coefficient (Wildman–Crippen LogP) is 1.32. The zero-order chi connectivity index (χ0) is 20.3. The second kappa shape index (κ2) is 8.19. The van der Waals surface area contributed by atoms with Crippen LogP contribution in [0.4, 0.5) is 5.82 Å². The lowest BCUT2D eigenvalue weighted by molar-refractivity contribution is 0.349. The molecule has 28 heavy (non-hydrogen) atoms. The van der Waals surface area contributed by atoms with Crippen LogP contribution in [0.2, 0.25) is 0 Å². The van der Waals surface area contributed by atoms with Crippen molar-refractivity contribution in [1.82, 2.24) is 14.3 Å². The van der Waals surface area contributed by atoms with E-state index in [2.05, 4.69) is 9.97 Å². The molecule has 1 aliphatic heterocycles. The number of piperazine rings is 1. The fourth-order valence-electron chi connectivity index (χ4n) is 3.07. The second-order valence-corrected chi connectivity index (χ2v) is 8.22. The lowest BCUT2D eigenvalue weighted by Gasteiger charge is -2.34. The summed E-state index contributed by atoms with van der Waals surface area (Å²) in [4.78, 5) is 10.7. The number of ether oxygens (including phenoxy) is 3. The first-order chi connectivity index (χ1) is 13.4. The van der Waals surface area contributed by atoms with Crippen LogP contribution in [0.25, 0.3) is 0 Å². The molecule has 0 atom stereocenters. The highest BCUT2D eigenvalue weighted by Crippen LogP contribution is 2.26. The van der Waals surface area contributed by atoms with Gasteiger partial charge in [-0.15, -0.1) is 0 Å². The van der Waals surface area contributed by atoms with Crippen LogP contribution in [0, 0.1) is 6.92 Å². The first-order valence-electron chi connectivity index (χ1n) is 8.76. The van der Waals surface area contributed by atoms with Gasteiger partial charge in [-0.05, 0) is 30.7 Å². The monoisotopic (exact) mass is 408 g/mol. The van der Waals surface area contributed by atoms with Crippen molar-refractivity contribution in [2.75, 3.05) is 52.4 Å². The Morgan fingerprint density at radius 2 is 1.64 bits per heavy atom. The summed E-state index contributed by atoms with van der Waals surface area (Å²) in [5.41, 5.74) is 0.780. The normalized spacial score (nSPS) is 15.4. The first kappa shape index (κ1) is 20.2. The number of anilines is 1. The molecule has 0 bridgehead atoms. The van der Waals surface area contributed by atoms with E-state index in [0.29, 0.717) is 43.6 Å². The lowest BCUT2D eigenvalue weighted by Crippen LogP contribution is -2.49. The number of aryl methyl sites for hydroxylation is 1. The van der Waals surface area contributed by atoms with Gasteiger partial charge < -0.3 is 19.1 Å². The average molecular weight is 408 g/mol. The summed E-state index contributed by atoms with van der Waals surface area (Å²) in [6, 6.07) is 6.81. The highest BCUT2D eigenvalue weighted by molar-refractivity contribution is 7.89. The molecule has 2 heterocycles. The van der Waals surface area contributed by atoms with E-state index in [-0.39, 0.29) is 10.9 Å². The Morgan fingerprint density at radius 1 is 0.929 bits per heavy atom. The molecule has 1 fully saturated rings. The molecule has 0 spiro atoms. The largest absolute Gasteiger partial charge is 0.496 e. The van der Waals surface area contributed by atoms with E-state index in [9.17, 15) is 8.42 Å². The Bertz CT molecular complexity index is 921. The highest BCUT2D eigenvalue weighted by Gasteiger charge is 2.29. The minimum atomic E-state index is -3.57. The van der Waals surface area contributed by atoms with Gasteiger partial charge in [-0.2, -0.15) is 14.3 Å². The number of nitrogens with zero attached hydrogens (tertiary/aromatic N) is 4. The Balaban J connectivity index is 1.75. The predicted molar refractivity (Wildman–Crippen MR) is 104 cm³/mol. The quantitative estimate of drug-likeness (QED) is 0.707. The maximum absolute atomic E-state index is 13.0. The maximum Gasteiger partial charge on any atom is 0.321 e. The van der Waals surface area contributed by atoms with Gasteiger partial charge in [-0.1, -0.05) is 0 Å². The number of hydrogen-bond acceptors (Lipinski definition) is 8. The molecular weight excluding hydrogens is 384 g/mol. The van der Waals surface area contributed by atoms with Gasteiger partial charge in [0.25, 0.3) is 0 Å². The van der Waals surface area contributed by atoms with Crippen LogP contribution >= 0.6 is 0 Å². The smallest absolute Gasteiger partial charge is 0.321 e. The van der Waals surface area contributed by atoms with E-state index in [0.717, 1.165) is 5.56 Å². The molecule has 2 aromatic rings. The summed E-state index contributed by atoms with van der Waals surface area (Å²) in [6.07, 6.45) is 0. The van der Waals surface area contributed by atoms with Crippen LogP contribution in [-0.4, -0.2) is 70.2 Å². The van der Waals surface area contributed by atoms with Crippen molar-refractivity contribution in [3.63, 3.8) is 0 Å². The summed E-state index contributed by atoms with van der Waals surface area (Å²) < 4.78 is 42.9. The van der Waals surface area contributed by atoms with Crippen LogP contribution in [0.3, 0.4) is 0 Å². The topological polar surface area (TPSA) is 94.1 Å². The van der Waals surface area contributed by atoms with Crippen molar-refractivity contribution in [1.29, 1.82) is 0 Å². The summed E-state index contributed by atoms with van der Waals surface area (Å²) in [5, 5.41) is 0. The van der Waals surface area contributed by atoms with Crippen LogP contribution in [0.1, 0.15) is 5.56 Å². The molecule has 1 aromatic heterocycles. The number of hydrogen-bond donors (Lipinski definition) is 0. The Labute approximate surface area is 164 Å². The molecule has 3 rings (SSSR count). The maximum atomic E-state index is 13.0. The van der Waals surface area contributed by atoms with Crippen LogP contribution < -0.4 is 19.1 Å². The van der Waals surface area contributed by atoms with Gasteiger partial charge in [0.15, 0.2) is 0 Å². The van der Waals surface area contributed by atoms with Crippen LogP contribution in [-0.2, 0) is 10.0 Å². The average Bonchev–Trinajstić information content (AvgIpc) is 2.73. The number of rotatable bonds is 6. The van der Waals surface area contributed by atoms with Gasteiger partial charge in [0, 0.05) is 32.2 Å². The zero-order valence-electron chi connectivity index (χ0n) is 16.4. The fraction of sp³-hybridized carbons (Fsp3) is 0.444. The van der Waals surface area contributed by atoms with E-state index < -0.39 is 10.0 Å². The van der Waals surface area contributed by atoms with Crippen molar-refractivity contribution >= 4 is 15.8 Å². The fourth-order valence-corrected chi connectivity index (χ4v) is 4.58. The van der Waals surface area contributed by atoms with E-state index in [1.165, 1.54) is 18.5 Å². The van der Waals surface area contributed by atoms with Crippen LogP contribution in [0.5, 0.6) is 17.6 Å². The van der Waals surface area contributed by atoms with E-state index in [1.807, 2.05) is 11.8 Å². The van der Waals surface area contributed by atoms with Crippen LogP contribution in [0.15, 0.2) is 29.2 Å². The first-order valence-corrected chi connectivity index (χ1v) is 10.2. The number of aromatic nitrogens is 2. The summed E-state index contributed by atoms with van der Waals surface area (Å²) in [5.74, 6) is 1.70. The van der Waals surface area contributed by atoms with Gasteiger partial charge in [-0.3, -0.25) is 0 Å². The van der Waals surface area contributed by atoms with Crippen molar-refractivity contribution in [2.24, 2.45) is 0 Å². The SMILES string of the molecule is COc1cc(N2CCN(S(=O)(=O)c3ccc(OC)c(C)c3)CC2)nc(OC)n1. The summed E-state index contributed by atoms with van der Waals surface area (Å²) in [6.45, 7) is 3.52. The molecule has 9 nitrogen and oxygen atoms in total. The van der Waals surface area contributed by atoms with Gasteiger partial charge in [-0.25, -0.2) is 8.42 Å². The highest BCUT2D eigenvalue weighted by atomic mass is 32.2. The minimum Gasteiger partial charge on any atom is -0.496 e. The molecule has 1 aromatic carbocycles. The molecule has 1 saturated heterocycles. The molecule has 0 radical (unpaired) electrons. The summed E-state index contributed by atoms with van der Waals surface area (Å²) in [7, 11) is 0.997. The Kier molecular flexibility index (Phi) is 5.90. The number of benzene rings is 1. The Hall–Kier alpha value is -2.59. The summed E-state index contributed by atoms with van der Waals surface area (Å²) >= 11 is 0. The zero-order valence-corrected chi connectivity index (χ0v) is 17.2. The third-order valence-electron chi connectivity index (χ3n) is 4.63. The number of methoxy groups -OCH3 is 3. The lowest BCUT2D eigenvalue weighted by atomic mass is 10.2. The molecule has 0 amide bonds. The standard InChI is InChI=1S/C18H24N4O5S/c1-13-11-14(5-6-15(13)25-2)28(23,24)22-9-7-21(8-10-22)16-12-17(26-3)20-18(19-16)27-4/h5-6,11-12H,7-10H2,1-4H3. The van der Waals surface area contributed by atoms with E-state index in [4.69, 9.17) is 14.2 Å². The second-order valence-electron chi connectivity index (χ2n) is 6.28. The van der Waals surface area contributed by atoms with Gasteiger partial charge >= 0.3 is 6.01 Å². The molecule has 0 saturated carbocycles. The molecule has 0 N–H and O–H groups in total. The Morgan fingerprint density at radius 3 is 2.21 bits per heavy atom. The number of sulfonamides is 1. The molecule has 1 aliphatic rings. The molecule has 10 heteroatoms. The third-order valence-corrected chi connectivity index (χ3v) is 6.52. The van der Waals surface area contributed by atoms with Gasteiger partial charge in [0.1, 0.15) is 11.6 Å². The molecule has 152 valence electrons. The minimum absolute atomic E-state index is 0.207. The van der Waals surface area contributed by atoms with Crippen molar-refractivity contribution in [3.05, 3.63) is 29.8 Å². The van der Waals surface area contributed by atoms with Gasteiger partial charge in [0.2, 0.25) is 15.9 Å². The van der Waals surface area contributed by atoms with Crippen molar-refractivity contribution < 1.29 is 22.6 Å². The van der Waals surface area contributed by atoms with Crippen molar-refractivity contribution in [2.45, 2.75) is 11.8 Å².